The molecule has 0 aromatic heterocycles. The first-order valence-corrected chi connectivity index (χ1v) is 10.5. The molecule has 2 aromatic carbocycles. The van der Waals surface area contributed by atoms with Crippen LogP contribution in [-0.4, -0.2) is 46.3 Å². The van der Waals surface area contributed by atoms with E-state index < -0.39 is 5.41 Å². The topological polar surface area (TPSA) is 86.3 Å². The number of nitrogens with one attached hydrogen (secondary N) is 1. The molecule has 1 N–H and O–H groups in total. The minimum absolute atomic E-state index is 0.0185. The van der Waals surface area contributed by atoms with Gasteiger partial charge in [0, 0.05) is 18.3 Å². The lowest BCUT2D eigenvalue weighted by atomic mass is 9.93. The second kappa shape index (κ2) is 9.38. The maximum atomic E-state index is 13.0. The Balaban J connectivity index is 1.93. The van der Waals surface area contributed by atoms with Crippen LogP contribution in [0.4, 0.5) is 11.4 Å². The number of benzene rings is 2. The molecular formula is C24H30N2O6. The zero-order chi connectivity index (χ0) is 23.5. The highest BCUT2D eigenvalue weighted by molar-refractivity contribution is 6.07. The number of hydrogen-bond acceptors (Lipinski definition) is 6. The van der Waals surface area contributed by atoms with Gasteiger partial charge in [-0.15, -0.1) is 0 Å². The summed E-state index contributed by atoms with van der Waals surface area (Å²) in [6.07, 6.45) is 0.818. The Morgan fingerprint density at radius 2 is 1.81 bits per heavy atom. The largest absolute Gasteiger partial charge is 0.493 e. The minimum atomic E-state index is -0.648. The molecule has 1 aliphatic heterocycles. The molecular weight excluding hydrogens is 412 g/mol. The van der Waals surface area contributed by atoms with E-state index in [0.717, 1.165) is 6.42 Å². The van der Waals surface area contributed by atoms with Crippen LogP contribution in [0, 0.1) is 5.41 Å². The first-order chi connectivity index (χ1) is 15.3. The molecule has 0 saturated carbocycles. The number of hydrogen-bond donors (Lipinski definition) is 1. The van der Waals surface area contributed by atoms with E-state index >= 15 is 0 Å². The van der Waals surface area contributed by atoms with Crippen molar-refractivity contribution in [1.82, 2.24) is 0 Å². The third kappa shape index (κ3) is 4.30. The Labute approximate surface area is 188 Å². The Morgan fingerprint density at radius 1 is 1.09 bits per heavy atom. The summed E-state index contributed by atoms with van der Waals surface area (Å²) in [7, 11) is 4.46. The minimum Gasteiger partial charge on any atom is -0.493 e. The van der Waals surface area contributed by atoms with Crippen LogP contribution < -0.4 is 29.2 Å². The average Bonchev–Trinajstić information content (AvgIpc) is 2.88. The predicted octanol–water partition coefficient (Wildman–Crippen LogP) is 4.13. The average molecular weight is 443 g/mol. The number of rotatable bonds is 7. The van der Waals surface area contributed by atoms with Crippen molar-refractivity contribution in [2.75, 3.05) is 44.7 Å². The van der Waals surface area contributed by atoms with Crippen LogP contribution in [0.5, 0.6) is 23.0 Å². The van der Waals surface area contributed by atoms with Crippen molar-refractivity contribution in [2.24, 2.45) is 5.41 Å². The lowest BCUT2D eigenvalue weighted by Gasteiger charge is -2.27. The smallest absolute Gasteiger partial charge is 0.259 e. The molecule has 0 bridgehead atoms. The van der Waals surface area contributed by atoms with Gasteiger partial charge in [-0.25, -0.2) is 0 Å². The molecule has 8 heteroatoms. The summed E-state index contributed by atoms with van der Waals surface area (Å²) in [5.74, 6) is 1.26. The molecule has 32 heavy (non-hydrogen) atoms. The van der Waals surface area contributed by atoms with Gasteiger partial charge >= 0.3 is 0 Å². The molecule has 3 rings (SSSR count). The monoisotopic (exact) mass is 442 g/mol. The normalized spacial score (nSPS) is 14.7. The van der Waals surface area contributed by atoms with Crippen LogP contribution in [0.3, 0.4) is 0 Å². The van der Waals surface area contributed by atoms with Crippen molar-refractivity contribution in [2.45, 2.75) is 27.2 Å². The van der Waals surface area contributed by atoms with Gasteiger partial charge in [0.15, 0.2) is 11.5 Å². The first kappa shape index (κ1) is 23.2. The van der Waals surface area contributed by atoms with Crippen molar-refractivity contribution in [3.63, 3.8) is 0 Å². The highest BCUT2D eigenvalue weighted by Crippen LogP contribution is 2.41. The van der Waals surface area contributed by atoms with Gasteiger partial charge in [0.05, 0.1) is 38.0 Å². The molecule has 1 heterocycles. The Morgan fingerprint density at radius 3 is 2.44 bits per heavy atom. The van der Waals surface area contributed by atoms with E-state index in [1.807, 2.05) is 20.8 Å². The molecule has 0 radical (unpaired) electrons. The highest BCUT2D eigenvalue weighted by atomic mass is 16.5. The number of anilines is 2. The number of methoxy groups -OCH3 is 3. The number of carbonyl (C=O) groups is 2. The Bertz CT molecular complexity index is 1020. The molecule has 2 aromatic rings. The first-order valence-electron chi connectivity index (χ1n) is 10.5. The predicted molar refractivity (Wildman–Crippen MR) is 122 cm³/mol. The zero-order valence-corrected chi connectivity index (χ0v) is 19.4. The van der Waals surface area contributed by atoms with E-state index in [4.69, 9.17) is 18.9 Å². The van der Waals surface area contributed by atoms with E-state index in [9.17, 15) is 9.59 Å². The maximum Gasteiger partial charge on any atom is 0.259 e. The van der Waals surface area contributed by atoms with E-state index in [0.29, 0.717) is 40.7 Å². The SMILES string of the molecule is CCCN1C(=O)C(C)(C)COc2cc(NC(=O)c3ccc(OC)c(OC)c3OC)ccc21. The van der Waals surface area contributed by atoms with Crippen LogP contribution >= 0.6 is 0 Å². The van der Waals surface area contributed by atoms with Crippen molar-refractivity contribution in [3.8, 4) is 23.0 Å². The number of ether oxygens (including phenoxy) is 4. The van der Waals surface area contributed by atoms with Gasteiger partial charge in [-0.05, 0) is 44.5 Å². The second-order valence-electron chi connectivity index (χ2n) is 8.15. The fourth-order valence-corrected chi connectivity index (χ4v) is 3.65. The molecule has 8 nitrogen and oxygen atoms in total. The summed E-state index contributed by atoms with van der Waals surface area (Å²) in [6.45, 7) is 6.61. The van der Waals surface area contributed by atoms with Crippen molar-refractivity contribution in [1.29, 1.82) is 0 Å². The van der Waals surface area contributed by atoms with Crippen LogP contribution in [0.1, 0.15) is 37.6 Å². The van der Waals surface area contributed by atoms with Gasteiger partial charge in [0.25, 0.3) is 5.91 Å². The standard InChI is InChI=1S/C24H30N2O6/c1-7-12-26-17-10-8-15(13-19(17)32-14-24(2,3)23(26)28)25-22(27)16-9-11-18(29-4)21(31-6)20(16)30-5/h8-11,13H,7,12,14H2,1-6H3,(H,25,27). The Hall–Kier alpha value is -3.42. The fourth-order valence-electron chi connectivity index (χ4n) is 3.65. The van der Waals surface area contributed by atoms with Crippen molar-refractivity contribution >= 4 is 23.2 Å². The van der Waals surface area contributed by atoms with Crippen molar-refractivity contribution in [3.05, 3.63) is 35.9 Å². The molecule has 0 aliphatic carbocycles. The number of carbonyl (C=O) groups excluding carboxylic acids is 2. The van der Waals surface area contributed by atoms with Gasteiger partial charge in [-0.2, -0.15) is 0 Å². The lowest BCUT2D eigenvalue weighted by molar-refractivity contribution is -0.127. The number of amides is 2. The van der Waals surface area contributed by atoms with Crippen LogP contribution in [0.15, 0.2) is 30.3 Å². The zero-order valence-electron chi connectivity index (χ0n) is 19.4. The highest BCUT2D eigenvalue weighted by Gasteiger charge is 2.37. The number of nitrogens with zero attached hydrogens (tertiary/aromatic N) is 1. The summed E-state index contributed by atoms with van der Waals surface area (Å²) >= 11 is 0. The maximum absolute atomic E-state index is 13.0. The molecule has 0 atom stereocenters. The van der Waals surface area contributed by atoms with Gasteiger partial charge in [0.2, 0.25) is 11.7 Å². The molecule has 1 aliphatic rings. The Kier molecular flexibility index (Phi) is 6.81. The number of fused-ring (bicyclic) bond motifs is 1. The molecule has 2 amide bonds. The van der Waals surface area contributed by atoms with Gasteiger partial charge in [-0.3, -0.25) is 9.59 Å². The van der Waals surface area contributed by atoms with E-state index in [1.54, 1.807) is 35.2 Å². The third-order valence-corrected chi connectivity index (χ3v) is 5.32. The third-order valence-electron chi connectivity index (χ3n) is 5.32. The van der Waals surface area contributed by atoms with Crippen LogP contribution in [-0.2, 0) is 4.79 Å². The van der Waals surface area contributed by atoms with Gasteiger partial charge in [0.1, 0.15) is 12.4 Å². The van der Waals surface area contributed by atoms with Crippen LogP contribution in [0.2, 0.25) is 0 Å². The van der Waals surface area contributed by atoms with E-state index in [2.05, 4.69) is 5.32 Å². The quantitative estimate of drug-likeness (QED) is 0.694. The van der Waals surface area contributed by atoms with E-state index in [-0.39, 0.29) is 24.2 Å². The van der Waals surface area contributed by atoms with Crippen LogP contribution in [0.25, 0.3) is 0 Å². The summed E-state index contributed by atoms with van der Waals surface area (Å²) < 4.78 is 22.0. The summed E-state index contributed by atoms with van der Waals surface area (Å²) in [5.41, 5.74) is 0.883. The molecule has 0 fully saturated rings. The van der Waals surface area contributed by atoms with Crippen molar-refractivity contribution < 1.29 is 28.5 Å². The summed E-state index contributed by atoms with van der Waals surface area (Å²) in [5, 5.41) is 2.87. The van der Waals surface area contributed by atoms with E-state index in [1.165, 1.54) is 21.3 Å². The lowest BCUT2D eigenvalue weighted by Crippen LogP contribution is -2.42. The fraction of sp³-hybridized carbons (Fsp3) is 0.417. The summed E-state index contributed by atoms with van der Waals surface area (Å²) in [6, 6.07) is 8.54. The molecule has 172 valence electrons. The summed E-state index contributed by atoms with van der Waals surface area (Å²) in [4.78, 5) is 27.8. The molecule has 0 unspecified atom stereocenters. The van der Waals surface area contributed by atoms with Gasteiger partial charge in [-0.1, -0.05) is 6.92 Å². The molecule has 0 spiro atoms. The second-order valence-corrected chi connectivity index (χ2v) is 8.15. The van der Waals surface area contributed by atoms with Gasteiger partial charge < -0.3 is 29.2 Å². The molecule has 0 saturated heterocycles.